The van der Waals surface area contributed by atoms with E-state index in [-0.39, 0.29) is 5.78 Å². The highest BCUT2D eigenvalue weighted by Crippen LogP contribution is 2.21. The lowest BCUT2D eigenvalue weighted by Crippen LogP contribution is -2.00. The van der Waals surface area contributed by atoms with Crippen molar-refractivity contribution in [1.82, 2.24) is 0 Å². The van der Waals surface area contributed by atoms with Crippen molar-refractivity contribution in [3.63, 3.8) is 0 Å². The van der Waals surface area contributed by atoms with E-state index in [1.54, 1.807) is 0 Å². The second-order valence-electron chi connectivity index (χ2n) is 5.84. The molecule has 0 aliphatic heterocycles. The lowest BCUT2D eigenvalue weighted by Gasteiger charge is -2.04. The molecule has 23 heavy (non-hydrogen) atoms. The maximum absolute atomic E-state index is 12.3. The molecule has 1 nitrogen and oxygen atoms in total. The summed E-state index contributed by atoms with van der Waals surface area (Å²) in [7, 11) is 0. The monoisotopic (exact) mass is 326 g/mol. The molecule has 0 aromatic heterocycles. The summed E-state index contributed by atoms with van der Waals surface area (Å²) in [4.78, 5) is 13.6. The van der Waals surface area contributed by atoms with Crippen LogP contribution in [0.3, 0.4) is 0 Å². The van der Waals surface area contributed by atoms with E-state index in [1.165, 1.54) is 43.4 Å². The van der Waals surface area contributed by atoms with Gasteiger partial charge >= 0.3 is 0 Å². The molecular weight excluding hydrogens is 300 g/mol. The van der Waals surface area contributed by atoms with Crippen molar-refractivity contribution in [3.8, 4) is 0 Å². The van der Waals surface area contributed by atoms with Crippen molar-refractivity contribution in [1.29, 1.82) is 0 Å². The van der Waals surface area contributed by atoms with E-state index >= 15 is 0 Å². The molecule has 0 spiro atoms. The lowest BCUT2D eigenvalue weighted by molar-refractivity contribution is 0.103. The fraction of sp³-hybridized carbons (Fsp3) is 0.381. The molecule has 0 radical (unpaired) electrons. The molecule has 0 aliphatic carbocycles. The standard InChI is InChI=1S/C21H26OS/c1-2-3-4-5-6-10-17-23-20-15-13-19(14-16-20)21(22)18-11-8-7-9-12-18/h7-9,11-16H,2-6,10,17H2,1H3. The van der Waals surface area contributed by atoms with Crippen molar-refractivity contribution in [2.75, 3.05) is 5.75 Å². The van der Waals surface area contributed by atoms with E-state index in [0.29, 0.717) is 0 Å². The molecule has 0 heterocycles. The van der Waals surface area contributed by atoms with Gasteiger partial charge in [0.25, 0.3) is 0 Å². The van der Waals surface area contributed by atoms with Crippen molar-refractivity contribution in [2.24, 2.45) is 0 Å². The van der Waals surface area contributed by atoms with E-state index in [1.807, 2.05) is 54.2 Å². The fourth-order valence-corrected chi connectivity index (χ4v) is 3.44. The van der Waals surface area contributed by atoms with Crippen LogP contribution in [0, 0.1) is 0 Å². The zero-order valence-corrected chi connectivity index (χ0v) is 14.8. The van der Waals surface area contributed by atoms with Gasteiger partial charge in [0.05, 0.1) is 0 Å². The Morgan fingerprint density at radius 1 is 0.783 bits per heavy atom. The van der Waals surface area contributed by atoms with Crippen LogP contribution in [0.5, 0.6) is 0 Å². The Morgan fingerprint density at radius 2 is 1.39 bits per heavy atom. The molecule has 0 fully saturated rings. The molecule has 0 bridgehead atoms. The highest BCUT2D eigenvalue weighted by Gasteiger charge is 2.07. The lowest BCUT2D eigenvalue weighted by atomic mass is 10.0. The van der Waals surface area contributed by atoms with Crippen molar-refractivity contribution >= 4 is 17.5 Å². The van der Waals surface area contributed by atoms with Gasteiger partial charge in [0.15, 0.2) is 5.78 Å². The van der Waals surface area contributed by atoms with E-state index in [9.17, 15) is 4.79 Å². The number of hydrogen-bond acceptors (Lipinski definition) is 2. The molecule has 0 amide bonds. The molecule has 0 saturated carbocycles. The van der Waals surface area contributed by atoms with Gasteiger partial charge in [-0.2, -0.15) is 0 Å². The molecular formula is C21H26OS. The minimum absolute atomic E-state index is 0.0954. The minimum atomic E-state index is 0.0954. The largest absolute Gasteiger partial charge is 0.289 e. The first-order valence-corrected chi connectivity index (χ1v) is 9.62. The van der Waals surface area contributed by atoms with Crippen LogP contribution in [0.1, 0.15) is 61.4 Å². The van der Waals surface area contributed by atoms with Crippen LogP contribution in [0.15, 0.2) is 59.5 Å². The Bertz CT molecular complexity index is 575. The summed E-state index contributed by atoms with van der Waals surface area (Å²) in [6.07, 6.45) is 8.01. The Balaban J connectivity index is 1.75. The van der Waals surface area contributed by atoms with Crippen LogP contribution in [0.2, 0.25) is 0 Å². The van der Waals surface area contributed by atoms with Crippen LogP contribution in [0.4, 0.5) is 0 Å². The molecule has 2 aromatic carbocycles. The Morgan fingerprint density at radius 3 is 2.09 bits per heavy atom. The number of ketones is 1. The Kier molecular flexibility index (Phi) is 7.96. The number of rotatable bonds is 10. The average Bonchev–Trinajstić information content (AvgIpc) is 2.61. The number of hydrogen-bond donors (Lipinski definition) is 0. The normalized spacial score (nSPS) is 10.7. The van der Waals surface area contributed by atoms with Gasteiger partial charge in [0.2, 0.25) is 0 Å². The molecule has 0 unspecified atom stereocenters. The van der Waals surface area contributed by atoms with Crippen LogP contribution in [0.25, 0.3) is 0 Å². The van der Waals surface area contributed by atoms with Crippen molar-refractivity contribution in [3.05, 3.63) is 65.7 Å². The quantitative estimate of drug-likeness (QED) is 0.287. The summed E-state index contributed by atoms with van der Waals surface area (Å²) in [5.74, 6) is 1.26. The first-order chi connectivity index (χ1) is 11.3. The zero-order valence-electron chi connectivity index (χ0n) is 14.0. The van der Waals surface area contributed by atoms with Gasteiger partial charge in [-0.25, -0.2) is 0 Å². The summed E-state index contributed by atoms with van der Waals surface area (Å²) >= 11 is 1.89. The topological polar surface area (TPSA) is 17.1 Å². The molecule has 2 rings (SSSR count). The van der Waals surface area contributed by atoms with E-state index < -0.39 is 0 Å². The predicted octanol–water partition coefficient (Wildman–Crippen LogP) is 6.37. The molecule has 2 heteroatoms. The maximum Gasteiger partial charge on any atom is 0.193 e. The van der Waals surface area contributed by atoms with Crippen LogP contribution < -0.4 is 0 Å². The van der Waals surface area contributed by atoms with Gasteiger partial charge in [-0.15, -0.1) is 11.8 Å². The van der Waals surface area contributed by atoms with Crippen LogP contribution in [-0.2, 0) is 0 Å². The summed E-state index contributed by atoms with van der Waals surface area (Å²) in [5.41, 5.74) is 1.51. The third kappa shape index (κ3) is 6.23. The van der Waals surface area contributed by atoms with Crippen molar-refractivity contribution in [2.45, 2.75) is 50.3 Å². The smallest absolute Gasteiger partial charge is 0.193 e. The number of benzene rings is 2. The molecule has 0 saturated heterocycles. The van der Waals surface area contributed by atoms with Gasteiger partial charge in [-0.05, 0) is 36.4 Å². The van der Waals surface area contributed by atoms with Crippen LogP contribution in [-0.4, -0.2) is 11.5 Å². The Hall–Kier alpha value is -1.54. The first kappa shape index (κ1) is 17.8. The fourth-order valence-electron chi connectivity index (χ4n) is 2.53. The number of carbonyl (C=O) groups is 1. The summed E-state index contributed by atoms with van der Waals surface area (Å²) < 4.78 is 0. The highest BCUT2D eigenvalue weighted by atomic mass is 32.2. The molecule has 122 valence electrons. The third-order valence-electron chi connectivity index (χ3n) is 3.92. The van der Waals surface area contributed by atoms with Crippen LogP contribution >= 0.6 is 11.8 Å². The van der Waals surface area contributed by atoms with E-state index in [2.05, 4.69) is 19.1 Å². The van der Waals surface area contributed by atoms with Gasteiger partial charge in [0, 0.05) is 16.0 Å². The summed E-state index contributed by atoms with van der Waals surface area (Å²) in [6, 6.07) is 17.5. The summed E-state index contributed by atoms with van der Waals surface area (Å²) in [5, 5.41) is 0. The zero-order chi connectivity index (χ0) is 16.3. The molecule has 2 aromatic rings. The molecule has 0 N–H and O–H groups in total. The molecule has 0 aliphatic rings. The first-order valence-electron chi connectivity index (χ1n) is 8.64. The summed E-state index contributed by atoms with van der Waals surface area (Å²) in [6.45, 7) is 2.25. The number of thioether (sulfide) groups is 1. The van der Waals surface area contributed by atoms with Gasteiger partial charge in [-0.3, -0.25) is 4.79 Å². The second-order valence-corrected chi connectivity index (χ2v) is 7.00. The van der Waals surface area contributed by atoms with Gasteiger partial charge < -0.3 is 0 Å². The predicted molar refractivity (Wildman–Crippen MR) is 100 cm³/mol. The van der Waals surface area contributed by atoms with Crippen molar-refractivity contribution < 1.29 is 4.79 Å². The second kappa shape index (κ2) is 10.3. The minimum Gasteiger partial charge on any atom is -0.289 e. The third-order valence-corrected chi connectivity index (χ3v) is 5.02. The van der Waals surface area contributed by atoms with Gasteiger partial charge in [0.1, 0.15) is 0 Å². The van der Waals surface area contributed by atoms with Gasteiger partial charge in [-0.1, -0.05) is 69.4 Å². The average molecular weight is 327 g/mol. The molecule has 0 atom stereocenters. The van der Waals surface area contributed by atoms with E-state index in [4.69, 9.17) is 0 Å². The highest BCUT2D eigenvalue weighted by molar-refractivity contribution is 7.99. The maximum atomic E-state index is 12.3. The number of unbranched alkanes of at least 4 members (excludes halogenated alkanes) is 5. The van der Waals surface area contributed by atoms with E-state index in [0.717, 1.165) is 16.9 Å². The SMILES string of the molecule is CCCCCCCCSc1ccc(C(=O)c2ccccc2)cc1. The number of carbonyl (C=O) groups excluding carboxylic acids is 1. The Labute approximate surface area is 144 Å².